The molecular formula is C13H9ClN8. The Morgan fingerprint density at radius 1 is 1.09 bits per heavy atom. The average molecular weight is 313 g/mol. The molecule has 108 valence electrons. The predicted octanol–water partition coefficient (Wildman–Crippen LogP) is 4.87. The number of hydrogen-bond acceptors (Lipinski definition) is 4. The zero-order valence-corrected chi connectivity index (χ0v) is 11.9. The molecule has 22 heavy (non-hydrogen) atoms. The van der Waals surface area contributed by atoms with Gasteiger partial charge in [-0.3, -0.25) is 0 Å². The largest absolute Gasteiger partial charge is 0.316 e. The molecule has 0 aliphatic carbocycles. The van der Waals surface area contributed by atoms with E-state index in [1.165, 1.54) is 0 Å². The standard InChI is InChI=1S/C13H9ClN8/c14-8-4-3-5-9-11(8)12(18-20-15)13(19-21-16)22(9)10-6-1-2-7-17-10/h1-7,12-13H. The molecule has 3 rings (SSSR count). The monoisotopic (exact) mass is 312 g/mol. The van der Waals surface area contributed by atoms with E-state index in [1.54, 1.807) is 35.4 Å². The minimum atomic E-state index is -0.759. The van der Waals surface area contributed by atoms with Crippen molar-refractivity contribution < 1.29 is 0 Å². The first-order valence-corrected chi connectivity index (χ1v) is 6.73. The number of nitrogens with zero attached hydrogens (tertiary/aromatic N) is 8. The molecule has 1 aliphatic heterocycles. The molecule has 0 saturated heterocycles. The molecule has 8 nitrogen and oxygen atoms in total. The molecular weight excluding hydrogens is 304 g/mol. The lowest BCUT2D eigenvalue weighted by atomic mass is 10.1. The van der Waals surface area contributed by atoms with Crippen LogP contribution < -0.4 is 4.90 Å². The summed E-state index contributed by atoms with van der Waals surface area (Å²) in [6.45, 7) is 0. The SMILES string of the molecule is [N-]=[N+]=NC1c2c(Cl)cccc2N(c2ccccn2)C1N=[N+]=[N-]. The van der Waals surface area contributed by atoms with Crippen LogP contribution in [0, 0.1) is 0 Å². The van der Waals surface area contributed by atoms with Gasteiger partial charge >= 0.3 is 0 Å². The summed E-state index contributed by atoms with van der Waals surface area (Å²) >= 11 is 6.25. The van der Waals surface area contributed by atoms with Crippen molar-refractivity contribution in [2.75, 3.05) is 4.90 Å². The van der Waals surface area contributed by atoms with E-state index in [-0.39, 0.29) is 0 Å². The maximum absolute atomic E-state index is 8.87. The van der Waals surface area contributed by atoms with Crippen LogP contribution >= 0.6 is 11.6 Å². The second-order valence-corrected chi connectivity index (χ2v) is 4.91. The Balaban J connectivity index is 2.26. The molecule has 2 heterocycles. The summed E-state index contributed by atoms with van der Waals surface area (Å²) in [6.07, 6.45) is 0.874. The predicted molar refractivity (Wildman–Crippen MR) is 82.6 cm³/mol. The third-order valence-corrected chi connectivity index (χ3v) is 3.70. The maximum atomic E-state index is 8.87. The highest BCUT2D eigenvalue weighted by molar-refractivity contribution is 6.32. The lowest BCUT2D eigenvalue weighted by Gasteiger charge is -2.24. The maximum Gasteiger partial charge on any atom is 0.133 e. The van der Waals surface area contributed by atoms with Crippen LogP contribution in [0.15, 0.2) is 52.8 Å². The van der Waals surface area contributed by atoms with Gasteiger partial charge in [0.2, 0.25) is 0 Å². The summed E-state index contributed by atoms with van der Waals surface area (Å²) in [4.78, 5) is 11.7. The molecule has 0 radical (unpaired) electrons. The van der Waals surface area contributed by atoms with Crippen LogP contribution in [0.25, 0.3) is 20.9 Å². The Bertz CT molecular complexity index is 795. The van der Waals surface area contributed by atoms with E-state index in [0.29, 0.717) is 22.1 Å². The van der Waals surface area contributed by atoms with E-state index in [4.69, 9.17) is 22.7 Å². The summed E-state index contributed by atoms with van der Waals surface area (Å²) in [6, 6.07) is 9.97. The highest BCUT2D eigenvalue weighted by atomic mass is 35.5. The van der Waals surface area contributed by atoms with Gasteiger partial charge in [0.1, 0.15) is 12.0 Å². The van der Waals surface area contributed by atoms with Crippen LogP contribution in [0.5, 0.6) is 0 Å². The number of benzene rings is 1. The number of aromatic nitrogens is 1. The molecule has 1 aromatic carbocycles. The second kappa shape index (κ2) is 5.83. The van der Waals surface area contributed by atoms with Crippen LogP contribution in [-0.2, 0) is 0 Å². The van der Waals surface area contributed by atoms with Gasteiger partial charge in [0.05, 0.1) is 6.04 Å². The van der Waals surface area contributed by atoms with Gasteiger partial charge in [-0.2, -0.15) is 0 Å². The van der Waals surface area contributed by atoms with Crippen molar-refractivity contribution in [3.8, 4) is 0 Å². The molecule has 2 atom stereocenters. The molecule has 1 aromatic heterocycles. The summed E-state index contributed by atoms with van der Waals surface area (Å²) in [5.74, 6) is 0.582. The van der Waals surface area contributed by atoms with Crippen LogP contribution in [0.4, 0.5) is 11.5 Å². The third-order valence-electron chi connectivity index (χ3n) is 3.37. The van der Waals surface area contributed by atoms with Crippen LogP contribution in [-0.4, -0.2) is 11.1 Å². The lowest BCUT2D eigenvalue weighted by molar-refractivity contribution is 0.585. The van der Waals surface area contributed by atoms with Crippen molar-refractivity contribution in [3.63, 3.8) is 0 Å². The fourth-order valence-electron chi connectivity index (χ4n) is 2.56. The van der Waals surface area contributed by atoms with Gasteiger partial charge in [-0.05, 0) is 35.3 Å². The topological polar surface area (TPSA) is 114 Å². The Morgan fingerprint density at radius 2 is 1.91 bits per heavy atom. The van der Waals surface area contributed by atoms with Gasteiger partial charge in [0.25, 0.3) is 0 Å². The number of anilines is 2. The molecule has 0 bridgehead atoms. The molecule has 9 heteroatoms. The van der Waals surface area contributed by atoms with Crippen LogP contribution in [0.3, 0.4) is 0 Å². The van der Waals surface area contributed by atoms with Crippen molar-refractivity contribution in [1.82, 2.24) is 4.98 Å². The minimum absolute atomic E-state index is 0.450. The second-order valence-electron chi connectivity index (χ2n) is 4.50. The van der Waals surface area contributed by atoms with E-state index in [2.05, 4.69) is 25.0 Å². The first-order chi connectivity index (χ1) is 10.8. The molecule has 1 aliphatic rings. The average Bonchev–Trinajstić information content (AvgIpc) is 2.84. The molecule has 2 unspecified atom stereocenters. The molecule has 0 saturated carbocycles. The van der Waals surface area contributed by atoms with Gasteiger partial charge in [-0.15, -0.1) is 0 Å². The van der Waals surface area contributed by atoms with E-state index >= 15 is 0 Å². The van der Waals surface area contributed by atoms with Gasteiger partial charge in [0.15, 0.2) is 0 Å². The van der Waals surface area contributed by atoms with E-state index in [1.807, 2.05) is 12.1 Å². The van der Waals surface area contributed by atoms with Gasteiger partial charge in [-0.25, -0.2) is 4.98 Å². The Labute approximate surface area is 130 Å². The van der Waals surface area contributed by atoms with Crippen molar-refractivity contribution in [2.24, 2.45) is 10.2 Å². The summed E-state index contributed by atoms with van der Waals surface area (Å²) in [5.41, 5.74) is 19.0. The summed E-state index contributed by atoms with van der Waals surface area (Å²) < 4.78 is 0. The number of pyridine rings is 1. The first-order valence-electron chi connectivity index (χ1n) is 6.35. The Kier molecular flexibility index (Phi) is 3.72. The van der Waals surface area contributed by atoms with E-state index in [0.717, 1.165) is 0 Å². The summed E-state index contributed by atoms with van der Waals surface area (Å²) in [7, 11) is 0. The van der Waals surface area contributed by atoms with Crippen molar-refractivity contribution >= 4 is 23.1 Å². The van der Waals surface area contributed by atoms with Crippen molar-refractivity contribution in [2.45, 2.75) is 12.2 Å². The molecule has 0 N–H and O–H groups in total. The Hall–Kier alpha value is -2.92. The minimum Gasteiger partial charge on any atom is -0.316 e. The number of rotatable bonds is 3. The summed E-state index contributed by atoms with van der Waals surface area (Å²) in [5, 5.41) is 7.99. The van der Waals surface area contributed by atoms with E-state index in [9.17, 15) is 0 Å². The smallest absolute Gasteiger partial charge is 0.133 e. The number of hydrogen-bond donors (Lipinski definition) is 0. The van der Waals surface area contributed by atoms with Crippen molar-refractivity contribution in [3.05, 3.63) is 74.1 Å². The number of halogens is 1. The number of azide groups is 2. The van der Waals surface area contributed by atoms with E-state index < -0.39 is 12.2 Å². The van der Waals surface area contributed by atoms with Crippen LogP contribution in [0.2, 0.25) is 5.02 Å². The first kappa shape index (κ1) is 14.0. The zero-order chi connectivity index (χ0) is 15.5. The molecule has 0 fully saturated rings. The third kappa shape index (κ3) is 2.17. The van der Waals surface area contributed by atoms with Crippen molar-refractivity contribution in [1.29, 1.82) is 0 Å². The normalized spacial score (nSPS) is 19.0. The fraction of sp³-hybridized carbons (Fsp3) is 0.154. The highest BCUT2D eigenvalue weighted by Gasteiger charge is 2.40. The quantitative estimate of drug-likeness (QED) is 0.457. The molecule has 2 aromatic rings. The fourth-order valence-corrected chi connectivity index (χ4v) is 2.84. The van der Waals surface area contributed by atoms with Gasteiger partial charge < -0.3 is 4.90 Å². The lowest BCUT2D eigenvalue weighted by Crippen LogP contribution is -2.27. The Morgan fingerprint density at radius 3 is 2.59 bits per heavy atom. The van der Waals surface area contributed by atoms with Gasteiger partial charge in [-0.1, -0.05) is 34.0 Å². The van der Waals surface area contributed by atoms with Gasteiger partial charge in [0, 0.05) is 32.3 Å². The molecule has 0 amide bonds. The number of fused-ring (bicyclic) bond motifs is 1. The zero-order valence-electron chi connectivity index (χ0n) is 11.2. The molecule has 0 spiro atoms. The van der Waals surface area contributed by atoms with Crippen LogP contribution in [0.1, 0.15) is 11.6 Å². The highest BCUT2D eigenvalue weighted by Crippen LogP contribution is 2.48.